The Morgan fingerprint density at radius 1 is 1.07 bits per heavy atom. The maximum Gasteiger partial charge on any atom is 0.337 e. The van der Waals surface area contributed by atoms with Crippen molar-refractivity contribution in [2.75, 3.05) is 20.8 Å². The summed E-state index contributed by atoms with van der Waals surface area (Å²) in [6.45, 7) is 1.39. The number of hydrogen-bond donors (Lipinski definition) is 2. The minimum absolute atomic E-state index is 0.00426. The summed E-state index contributed by atoms with van der Waals surface area (Å²) in [5.74, 6) is 0.156. The fraction of sp³-hybridized carbons (Fsp3) is 0.316. The van der Waals surface area contributed by atoms with Crippen LogP contribution in [0.5, 0.6) is 5.75 Å². The molecule has 2 aromatic carbocycles. The number of ether oxygens (including phenoxy) is 2. The molecule has 0 fully saturated rings. The summed E-state index contributed by atoms with van der Waals surface area (Å²) < 4.78 is 36.9. The molecular formula is C19H23NO6S. The number of aliphatic hydroxyl groups is 1. The molecule has 0 spiro atoms. The third-order valence-electron chi connectivity index (χ3n) is 3.97. The van der Waals surface area contributed by atoms with Crippen molar-refractivity contribution in [3.8, 4) is 5.75 Å². The van der Waals surface area contributed by atoms with Crippen LogP contribution in [0.15, 0.2) is 53.4 Å². The summed E-state index contributed by atoms with van der Waals surface area (Å²) in [5.41, 5.74) is -0.182. The number of rotatable bonds is 8. The molecule has 0 amide bonds. The van der Waals surface area contributed by atoms with Gasteiger partial charge in [0.15, 0.2) is 0 Å². The van der Waals surface area contributed by atoms with Gasteiger partial charge in [0, 0.05) is 13.0 Å². The van der Waals surface area contributed by atoms with E-state index in [1.54, 1.807) is 26.2 Å². The van der Waals surface area contributed by atoms with E-state index in [4.69, 9.17) is 4.74 Å². The van der Waals surface area contributed by atoms with Crippen LogP contribution in [0.4, 0.5) is 0 Å². The van der Waals surface area contributed by atoms with Crippen LogP contribution in [-0.2, 0) is 21.2 Å². The molecular weight excluding hydrogens is 370 g/mol. The Balaban J connectivity index is 2.02. The molecule has 0 saturated carbocycles. The van der Waals surface area contributed by atoms with E-state index in [2.05, 4.69) is 9.46 Å². The standard InChI is InChI=1S/C19H23NO6S/c1-19(22,12-14-4-8-16(25-2)9-5-14)13-20-27(23,24)17-10-6-15(7-11-17)18(21)26-3/h4-11,20,22H,12-13H2,1-3H3. The van der Waals surface area contributed by atoms with E-state index in [9.17, 15) is 18.3 Å². The maximum absolute atomic E-state index is 12.4. The van der Waals surface area contributed by atoms with Crippen molar-refractivity contribution >= 4 is 16.0 Å². The molecule has 0 saturated heterocycles. The van der Waals surface area contributed by atoms with Gasteiger partial charge in [-0.05, 0) is 48.9 Å². The highest BCUT2D eigenvalue weighted by atomic mass is 32.2. The summed E-state index contributed by atoms with van der Waals surface area (Å²) in [5, 5.41) is 10.5. The van der Waals surface area contributed by atoms with Gasteiger partial charge in [-0.1, -0.05) is 12.1 Å². The van der Waals surface area contributed by atoms with Gasteiger partial charge in [-0.15, -0.1) is 0 Å². The maximum atomic E-state index is 12.4. The van der Waals surface area contributed by atoms with E-state index in [-0.39, 0.29) is 23.4 Å². The molecule has 7 nitrogen and oxygen atoms in total. The first-order valence-electron chi connectivity index (χ1n) is 8.20. The molecule has 1 unspecified atom stereocenters. The largest absolute Gasteiger partial charge is 0.497 e. The lowest BCUT2D eigenvalue weighted by atomic mass is 9.97. The van der Waals surface area contributed by atoms with Gasteiger partial charge >= 0.3 is 5.97 Å². The van der Waals surface area contributed by atoms with Gasteiger partial charge in [-0.25, -0.2) is 17.9 Å². The quantitative estimate of drug-likeness (QED) is 0.663. The Labute approximate surface area is 159 Å². The zero-order valence-corrected chi connectivity index (χ0v) is 16.2. The monoisotopic (exact) mass is 393 g/mol. The Kier molecular flexibility index (Phi) is 6.59. The van der Waals surface area contributed by atoms with Crippen LogP contribution in [0.1, 0.15) is 22.8 Å². The van der Waals surface area contributed by atoms with Crippen LogP contribution in [0.2, 0.25) is 0 Å². The second-order valence-electron chi connectivity index (χ2n) is 6.36. The smallest absolute Gasteiger partial charge is 0.337 e. The molecule has 2 N–H and O–H groups in total. The summed E-state index contributed by atoms with van der Waals surface area (Å²) in [6, 6.07) is 12.5. The number of hydrogen-bond acceptors (Lipinski definition) is 6. The lowest BCUT2D eigenvalue weighted by molar-refractivity contribution is 0.0600. The van der Waals surface area contributed by atoms with Gasteiger partial charge in [0.1, 0.15) is 5.75 Å². The molecule has 2 rings (SSSR count). The SMILES string of the molecule is COC(=O)c1ccc(S(=O)(=O)NCC(C)(O)Cc2ccc(OC)cc2)cc1. The Hall–Kier alpha value is -2.42. The van der Waals surface area contributed by atoms with Gasteiger partial charge in [-0.3, -0.25) is 0 Å². The first-order chi connectivity index (χ1) is 12.7. The number of carbonyl (C=O) groups excluding carboxylic acids is 1. The minimum atomic E-state index is -3.83. The number of sulfonamides is 1. The summed E-state index contributed by atoms with van der Waals surface area (Å²) >= 11 is 0. The van der Waals surface area contributed by atoms with Gasteiger partial charge in [-0.2, -0.15) is 0 Å². The van der Waals surface area contributed by atoms with Crippen molar-refractivity contribution < 1.29 is 27.8 Å². The molecule has 8 heteroatoms. The average Bonchev–Trinajstić information content (AvgIpc) is 2.66. The lowest BCUT2D eigenvalue weighted by Gasteiger charge is -2.24. The van der Waals surface area contributed by atoms with Crippen LogP contribution in [0.25, 0.3) is 0 Å². The van der Waals surface area contributed by atoms with Crippen molar-refractivity contribution in [2.24, 2.45) is 0 Å². The van der Waals surface area contributed by atoms with Gasteiger partial charge in [0.05, 0.1) is 30.3 Å². The molecule has 0 radical (unpaired) electrons. The third kappa shape index (κ3) is 5.78. The zero-order valence-electron chi connectivity index (χ0n) is 15.4. The van der Waals surface area contributed by atoms with E-state index in [1.807, 2.05) is 12.1 Å². The van der Waals surface area contributed by atoms with Crippen LogP contribution < -0.4 is 9.46 Å². The number of carbonyl (C=O) groups is 1. The topological polar surface area (TPSA) is 102 Å². The fourth-order valence-corrected chi connectivity index (χ4v) is 3.63. The highest BCUT2D eigenvalue weighted by Gasteiger charge is 2.25. The summed E-state index contributed by atoms with van der Waals surface area (Å²) in [4.78, 5) is 11.4. The van der Waals surface area contributed by atoms with Gasteiger partial charge < -0.3 is 14.6 Å². The fourth-order valence-electron chi connectivity index (χ4n) is 2.47. The minimum Gasteiger partial charge on any atom is -0.497 e. The van der Waals surface area contributed by atoms with Crippen molar-refractivity contribution in [1.29, 1.82) is 0 Å². The number of methoxy groups -OCH3 is 2. The van der Waals surface area contributed by atoms with Gasteiger partial charge in [0.25, 0.3) is 0 Å². The van der Waals surface area contributed by atoms with E-state index in [0.717, 1.165) is 5.56 Å². The molecule has 27 heavy (non-hydrogen) atoms. The molecule has 0 aliphatic rings. The second-order valence-corrected chi connectivity index (χ2v) is 8.13. The van der Waals surface area contributed by atoms with Crippen molar-refractivity contribution in [3.05, 3.63) is 59.7 Å². The highest BCUT2D eigenvalue weighted by molar-refractivity contribution is 7.89. The predicted molar refractivity (Wildman–Crippen MR) is 100 cm³/mol. The Bertz CT molecular complexity index is 873. The van der Waals surface area contributed by atoms with E-state index in [0.29, 0.717) is 5.75 Å². The van der Waals surface area contributed by atoms with Crippen LogP contribution in [-0.4, -0.2) is 45.9 Å². The Morgan fingerprint density at radius 3 is 2.19 bits per heavy atom. The Morgan fingerprint density at radius 2 is 1.67 bits per heavy atom. The first kappa shape index (κ1) is 20.9. The highest BCUT2D eigenvalue weighted by Crippen LogP contribution is 2.18. The molecule has 0 aliphatic heterocycles. The number of nitrogens with one attached hydrogen (secondary N) is 1. The molecule has 1 atom stereocenters. The summed E-state index contributed by atoms with van der Waals surface area (Å²) in [6.07, 6.45) is 0.265. The number of benzene rings is 2. The average molecular weight is 393 g/mol. The lowest BCUT2D eigenvalue weighted by Crippen LogP contribution is -2.42. The zero-order chi connectivity index (χ0) is 20.1. The molecule has 2 aromatic rings. The summed E-state index contributed by atoms with van der Waals surface area (Å²) in [7, 11) is -1.01. The van der Waals surface area contributed by atoms with Crippen molar-refractivity contribution in [2.45, 2.75) is 23.8 Å². The normalized spacial score (nSPS) is 13.6. The van der Waals surface area contributed by atoms with Crippen LogP contribution >= 0.6 is 0 Å². The van der Waals surface area contributed by atoms with Crippen molar-refractivity contribution in [3.63, 3.8) is 0 Å². The van der Waals surface area contributed by atoms with E-state index in [1.165, 1.54) is 31.4 Å². The third-order valence-corrected chi connectivity index (χ3v) is 5.39. The molecule has 0 aliphatic carbocycles. The molecule has 0 bridgehead atoms. The van der Waals surface area contributed by atoms with Crippen LogP contribution in [0, 0.1) is 0 Å². The van der Waals surface area contributed by atoms with E-state index < -0.39 is 21.6 Å². The van der Waals surface area contributed by atoms with E-state index >= 15 is 0 Å². The molecule has 0 aromatic heterocycles. The second kappa shape index (κ2) is 8.51. The molecule has 146 valence electrons. The molecule has 0 heterocycles. The number of esters is 1. The first-order valence-corrected chi connectivity index (χ1v) is 9.68. The van der Waals surface area contributed by atoms with Crippen LogP contribution in [0.3, 0.4) is 0 Å². The van der Waals surface area contributed by atoms with Gasteiger partial charge in [0.2, 0.25) is 10.0 Å². The predicted octanol–water partition coefficient (Wildman–Crippen LogP) is 1.75. The van der Waals surface area contributed by atoms with Crippen molar-refractivity contribution in [1.82, 2.24) is 4.72 Å².